The number of halogens is 1. The molecule has 0 radical (unpaired) electrons. The Hall–Kier alpha value is -1.79. The number of amides is 1. The summed E-state index contributed by atoms with van der Waals surface area (Å²) in [7, 11) is 1.56. The van der Waals surface area contributed by atoms with Gasteiger partial charge < -0.3 is 9.47 Å². The van der Waals surface area contributed by atoms with Crippen LogP contribution in [0, 0.1) is 12.7 Å². The highest BCUT2D eigenvalue weighted by Gasteiger charge is 2.37. The number of benzene rings is 1. The molecule has 1 aliphatic heterocycles. The minimum Gasteiger partial charge on any atom is -0.382 e. The van der Waals surface area contributed by atoms with Crippen LogP contribution in [0.4, 0.5) is 10.1 Å². The van der Waals surface area contributed by atoms with Crippen LogP contribution in [0.25, 0.3) is 0 Å². The molecule has 0 saturated carbocycles. The molecule has 108 valence electrons. The van der Waals surface area contributed by atoms with E-state index >= 15 is 0 Å². The second kappa shape index (κ2) is 6.11. The van der Waals surface area contributed by atoms with E-state index in [-0.39, 0.29) is 24.4 Å². The van der Waals surface area contributed by atoms with Gasteiger partial charge in [-0.2, -0.15) is 0 Å². The third-order valence-corrected chi connectivity index (χ3v) is 3.05. The third kappa shape index (κ3) is 2.71. The molecular weight excluding hydrogens is 265 g/mol. The number of ketones is 1. The second-order valence-corrected chi connectivity index (χ2v) is 4.53. The van der Waals surface area contributed by atoms with Crippen LogP contribution in [0.3, 0.4) is 0 Å². The van der Waals surface area contributed by atoms with Gasteiger partial charge in [0.25, 0.3) is 11.7 Å². The van der Waals surface area contributed by atoms with E-state index in [1.807, 2.05) is 0 Å². The summed E-state index contributed by atoms with van der Waals surface area (Å²) in [6, 6.07) is 2.84. The molecule has 1 aromatic carbocycles. The maximum atomic E-state index is 14.0. The van der Waals surface area contributed by atoms with Crippen molar-refractivity contribution in [1.82, 2.24) is 0 Å². The number of rotatable bonds is 6. The first-order valence-electron chi connectivity index (χ1n) is 6.29. The molecule has 1 heterocycles. The molecule has 1 aromatic rings. The second-order valence-electron chi connectivity index (χ2n) is 4.53. The first kappa shape index (κ1) is 14.6. The van der Waals surface area contributed by atoms with Crippen LogP contribution < -0.4 is 4.90 Å². The van der Waals surface area contributed by atoms with Gasteiger partial charge in [-0.3, -0.25) is 14.5 Å². The molecule has 0 spiro atoms. The SMILES string of the molecule is COCCOCCN1C(=O)C(=O)c2cc(C)cc(F)c21. The van der Waals surface area contributed by atoms with E-state index < -0.39 is 17.5 Å². The van der Waals surface area contributed by atoms with E-state index in [4.69, 9.17) is 9.47 Å². The molecule has 5 nitrogen and oxygen atoms in total. The number of anilines is 1. The quantitative estimate of drug-likeness (QED) is 0.583. The Balaban J connectivity index is 2.12. The van der Waals surface area contributed by atoms with E-state index in [0.29, 0.717) is 18.8 Å². The van der Waals surface area contributed by atoms with E-state index in [9.17, 15) is 14.0 Å². The number of hydrogen-bond donors (Lipinski definition) is 0. The van der Waals surface area contributed by atoms with Crippen molar-refractivity contribution in [3.8, 4) is 0 Å². The van der Waals surface area contributed by atoms with Crippen LogP contribution in [0.15, 0.2) is 12.1 Å². The molecule has 0 fully saturated rings. The molecule has 0 unspecified atom stereocenters. The fourth-order valence-corrected chi connectivity index (χ4v) is 2.13. The Morgan fingerprint density at radius 2 is 1.95 bits per heavy atom. The number of carbonyl (C=O) groups is 2. The predicted octanol–water partition coefficient (Wildman–Crippen LogP) is 1.33. The molecule has 0 aromatic heterocycles. The van der Waals surface area contributed by atoms with Crippen LogP contribution in [0.2, 0.25) is 0 Å². The molecule has 1 amide bonds. The molecule has 20 heavy (non-hydrogen) atoms. The number of fused-ring (bicyclic) bond motifs is 1. The van der Waals surface area contributed by atoms with Gasteiger partial charge in [0.1, 0.15) is 5.82 Å². The normalized spacial score (nSPS) is 14.1. The number of methoxy groups -OCH3 is 1. The summed E-state index contributed by atoms with van der Waals surface area (Å²) in [5, 5.41) is 0. The lowest BCUT2D eigenvalue weighted by atomic mass is 10.1. The number of Topliss-reactive ketones (excluding diaryl/α,β-unsaturated/α-hetero) is 1. The number of carbonyl (C=O) groups excluding carboxylic acids is 2. The van der Waals surface area contributed by atoms with E-state index in [0.717, 1.165) is 4.90 Å². The Morgan fingerprint density at radius 1 is 1.20 bits per heavy atom. The van der Waals surface area contributed by atoms with Crippen molar-refractivity contribution in [2.45, 2.75) is 6.92 Å². The topological polar surface area (TPSA) is 55.8 Å². The highest BCUT2D eigenvalue weighted by atomic mass is 19.1. The Morgan fingerprint density at radius 3 is 2.65 bits per heavy atom. The average Bonchev–Trinajstić information content (AvgIpc) is 2.64. The van der Waals surface area contributed by atoms with Crippen LogP contribution >= 0.6 is 0 Å². The van der Waals surface area contributed by atoms with Crippen LogP contribution in [-0.4, -0.2) is 45.2 Å². The summed E-state index contributed by atoms with van der Waals surface area (Å²) in [6.45, 7) is 2.86. The summed E-state index contributed by atoms with van der Waals surface area (Å²) in [6.07, 6.45) is 0. The summed E-state index contributed by atoms with van der Waals surface area (Å²) in [5.74, 6) is -1.93. The maximum absolute atomic E-state index is 14.0. The van der Waals surface area contributed by atoms with Crippen molar-refractivity contribution < 1.29 is 23.5 Å². The first-order chi connectivity index (χ1) is 9.56. The zero-order valence-electron chi connectivity index (χ0n) is 11.4. The van der Waals surface area contributed by atoms with Crippen molar-refractivity contribution in [2.75, 3.05) is 38.4 Å². The molecular formula is C14H16FNO4. The highest BCUT2D eigenvalue weighted by molar-refractivity contribution is 6.52. The highest BCUT2D eigenvalue weighted by Crippen LogP contribution is 2.32. The van der Waals surface area contributed by atoms with Gasteiger partial charge in [-0.25, -0.2) is 4.39 Å². The maximum Gasteiger partial charge on any atom is 0.299 e. The van der Waals surface area contributed by atoms with Gasteiger partial charge in [0.15, 0.2) is 0 Å². The van der Waals surface area contributed by atoms with E-state index in [2.05, 4.69) is 0 Å². The van der Waals surface area contributed by atoms with Crippen LogP contribution in [0.5, 0.6) is 0 Å². The summed E-state index contributed by atoms with van der Waals surface area (Å²) < 4.78 is 24.0. The first-order valence-corrected chi connectivity index (χ1v) is 6.29. The standard InChI is InChI=1S/C14H16FNO4/c1-9-7-10-12(11(15)8-9)16(14(18)13(10)17)3-4-20-6-5-19-2/h7-8H,3-6H2,1-2H3. The predicted molar refractivity (Wildman–Crippen MR) is 70.5 cm³/mol. The van der Waals surface area contributed by atoms with Crippen molar-refractivity contribution in [2.24, 2.45) is 0 Å². The van der Waals surface area contributed by atoms with E-state index in [1.165, 1.54) is 12.1 Å². The van der Waals surface area contributed by atoms with Crippen molar-refractivity contribution in [1.29, 1.82) is 0 Å². The lowest BCUT2D eigenvalue weighted by molar-refractivity contribution is -0.114. The van der Waals surface area contributed by atoms with Crippen molar-refractivity contribution in [3.05, 3.63) is 29.1 Å². The zero-order valence-corrected chi connectivity index (χ0v) is 11.4. The summed E-state index contributed by atoms with van der Waals surface area (Å²) >= 11 is 0. The van der Waals surface area contributed by atoms with Gasteiger partial charge in [0.05, 0.1) is 31.1 Å². The third-order valence-electron chi connectivity index (χ3n) is 3.05. The molecule has 0 saturated heterocycles. The Labute approximate surface area is 116 Å². The smallest absolute Gasteiger partial charge is 0.299 e. The van der Waals surface area contributed by atoms with Crippen molar-refractivity contribution in [3.63, 3.8) is 0 Å². The molecule has 0 atom stereocenters. The van der Waals surface area contributed by atoms with Gasteiger partial charge in [0.2, 0.25) is 0 Å². The van der Waals surface area contributed by atoms with Crippen LogP contribution in [-0.2, 0) is 14.3 Å². The number of aryl methyl sites for hydroxylation is 1. The van der Waals surface area contributed by atoms with Gasteiger partial charge >= 0.3 is 0 Å². The van der Waals surface area contributed by atoms with Gasteiger partial charge in [-0.05, 0) is 24.6 Å². The van der Waals surface area contributed by atoms with Gasteiger partial charge in [0, 0.05) is 13.7 Å². The lowest BCUT2D eigenvalue weighted by Crippen LogP contribution is -2.33. The molecule has 0 N–H and O–H groups in total. The molecule has 0 aliphatic carbocycles. The fraction of sp³-hybridized carbons (Fsp3) is 0.429. The summed E-state index contributed by atoms with van der Waals surface area (Å²) in [5.41, 5.74) is 0.797. The zero-order chi connectivity index (χ0) is 14.7. The molecule has 2 rings (SSSR count). The largest absolute Gasteiger partial charge is 0.382 e. The Kier molecular flexibility index (Phi) is 4.46. The Bertz CT molecular complexity index is 544. The number of ether oxygens (including phenoxy) is 2. The summed E-state index contributed by atoms with van der Waals surface area (Å²) in [4.78, 5) is 24.8. The van der Waals surface area contributed by atoms with Crippen molar-refractivity contribution >= 4 is 17.4 Å². The number of nitrogens with zero attached hydrogens (tertiary/aromatic N) is 1. The molecule has 1 aliphatic rings. The molecule has 0 bridgehead atoms. The lowest BCUT2D eigenvalue weighted by Gasteiger charge is -2.17. The van der Waals surface area contributed by atoms with E-state index in [1.54, 1.807) is 14.0 Å². The minimum atomic E-state index is -0.708. The monoisotopic (exact) mass is 281 g/mol. The minimum absolute atomic E-state index is 0.0564. The van der Waals surface area contributed by atoms with Crippen LogP contribution in [0.1, 0.15) is 15.9 Å². The number of hydrogen-bond acceptors (Lipinski definition) is 4. The average molecular weight is 281 g/mol. The fourth-order valence-electron chi connectivity index (χ4n) is 2.13. The van der Waals surface area contributed by atoms with Gasteiger partial charge in [-0.1, -0.05) is 0 Å². The van der Waals surface area contributed by atoms with Gasteiger partial charge in [-0.15, -0.1) is 0 Å². The molecule has 6 heteroatoms.